The molecule has 0 bridgehead atoms. The second-order valence-corrected chi connectivity index (χ2v) is 6.49. The third kappa shape index (κ3) is 3.27. The van der Waals surface area contributed by atoms with Gasteiger partial charge in [-0.2, -0.15) is 0 Å². The Morgan fingerprint density at radius 3 is 2.67 bits per heavy atom. The predicted molar refractivity (Wildman–Crippen MR) is 103 cm³/mol. The summed E-state index contributed by atoms with van der Waals surface area (Å²) in [6.45, 7) is 7.30. The number of amides is 2. The minimum absolute atomic E-state index is 0.0753. The summed E-state index contributed by atoms with van der Waals surface area (Å²) in [5.74, 6) is 0.777. The minimum Gasteiger partial charge on any atom is -0.351 e. The van der Waals surface area contributed by atoms with Crippen molar-refractivity contribution in [1.82, 2.24) is 29.9 Å². The van der Waals surface area contributed by atoms with Crippen molar-refractivity contribution < 1.29 is 4.79 Å². The highest BCUT2D eigenvalue weighted by atomic mass is 16.2. The van der Waals surface area contributed by atoms with Gasteiger partial charge in [0.15, 0.2) is 17.0 Å². The first-order valence-corrected chi connectivity index (χ1v) is 9.08. The number of urea groups is 1. The minimum atomic E-state index is -0.0753. The third-order valence-electron chi connectivity index (χ3n) is 4.83. The van der Waals surface area contributed by atoms with E-state index in [2.05, 4.69) is 30.5 Å². The van der Waals surface area contributed by atoms with Crippen molar-refractivity contribution >= 4 is 28.7 Å². The molecule has 1 N–H and O–H groups in total. The van der Waals surface area contributed by atoms with Crippen LogP contribution < -0.4 is 10.2 Å². The fraction of sp³-hybridized carbons (Fsp3) is 0.389. The van der Waals surface area contributed by atoms with E-state index in [9.17, 15) is 4.79 Å². The average molecular weight is 366 g/mol. The molecular formula is C18H22N8O. The standard InChI is InChI=1S/C18H22N8O/c1-3-26-17-15(22-23-26)16(19-12-20-17)24-8-10-25(11-9-24)18(27)21-14-7-5-4-6-13(14)2/h4-7,12H,3,8-11H2,1-2H3,(H,21,27). The van der Waals surface area contributed by atoms with Crippen LogP contribution in [0.5, 0.6) is 0 Å². The van der Waals surface area contributed by atoms with Gasteiger partial charge in [0.25, 0.3) is 0 Å². The predicted octanol–water partition coefficient (Wildman–Crippen LogP) is 1.90. The first-order chi connectivity index (χ1) is 13.2. The zero-order valence-corrected chi connectivity index (χ0v) is 15.5. The van der Waals surface area contributed by atoms with Gasteiger partial charge >= 0.3 is 6.03 Å². The van der Waals surface area contributed by atoms with Gasteiger partial charge in [0.05, 0.1) is 0 Å². The van der Waals surface area contributed by atoms with Gasteiger partial charge in [-0.05, 0) is 25.5 Å². The van der Waals surface area contributed by atoms with Crippen LogP contribution >= 0.6 is 0 Å². The maximum atomic E-state index is 12.6. The molecule has 9 nitrogen and oxygen atoms in total. The molecule has 1 fully saturated rings. The number of benzene rings is 1. The molecule has 3 heterocycles. The van der Waals surface area contributed by atoms with Crippen LogP contribution in [-0.2, 0) is 6.54 Å². The normalized spacial score (nSPS) is 14.6. The zero-order chi connectivity index (χ0) is 18.8. The number of rotatable bonds is 3. The Bertz CT molecular complexity index is 961. The maximum Gasteiger partial charge on any atom is 0.321 e. The van der Waals surface area contributed by atoms with Crippen molar-refractivity contribution in [3.63, 3.8) is 0 Å². The van der Waals surface area contributed by atoms with E-state index in [1.807, 2.05) is 43.0 Å². The number of aryl methyl sites for hydroxylation is 2. The molecule has 0 aliphatic carbocycles. The highest BCUT2D eigenvalue weighted by Gasteiger charge is 2.24. The van der Waals surface area contributed by atoms with Crippen molar-refractivity contribution in [2.75, 3.05) is 36.4 Å². The molecule has 1 saturated heterocycles. The van der Waals surface area contributed by atoms with Gasteiger partial charge in [-0.1, -0.05) is 23.4 Å². The molecule has 9 heteroatoms. The molecule has 4 rings (SSSR count). The van der Waals surface area contributed by atoms with Gasteiger partial charge in [-0.25, -0.2) is 19.4 Å². The number of carbonyl (C=O) groups is 1. The van der Waals surface area contributed by atoms with Gasteiger partial charge in [0.2, 0.25) is 0 Å². The molecule has 2 aromatic heterocycles. The first kappa shape index (κ1) is 17.2. The summed E-state index contributed by atoms with van der Waals surface area (Å²) < 4.78 is 1.76. The molecule has 27 heavy (non-hydrogen) atoms. The summed E-state index contributed by atoms with van der Waals surface area (Å²) in [5.41, 5.74) is 3.34. The molecule has 140 valence electrons. The first-order valence-electron chi connectivity index (χ1n) is 9.08. The average Bonchev–Trinajstić information content (AvgIpc) is 3.13. The van der Waals surface area contributed by atoms with Crippen LogP contribution in [0.3, 0.4) is 0 Å². The summed E-state index contributed by atoms with van der Waals surface area (Å²) in [4.78, 5) is 25.2. The largest absolute Gasteiger partial charge is 0.351 e. The Morgan fingerprint density at radius 2 is 1.93 bits per heavy atom. The van der Waals surface area contributed by atoms with Crippen LogP contribution in [0, 0.1) is 6.92 Å². The van der Waals surface area contributed by atoms with Crippen LogP contribution in [0.1, 0.15) is 12.5 Å². The quantitative estimate of drug-likeness (QED) is 0.761. The van der Waals surface area contributed by atoms with Crippen LogP contribution in [-0.4, -0.2) is 62.1 Å². The molecule has 0 atom stereocenters. The van der Waals surface area contributed by atoms with E-state index in [4.69, 9.17) is 0 Å². The van der Waals surface area contributed by atoms with Crippen molar-refractivity contribution in [1.29, 1.82) is 0 Å². The number of hydrogen-bond acceptors (Lipinski definition) is 6. The molecule has 1 aliphatic rings. The third-order valence-corrected chi connectivity index (χ3v) is 4.83. The topological polar surface area (TPSA) is 92.1 Å². The monoisotopic (exact) mass is 366 g/mol. The van der Waals surface area contributed by atoms with E-state index < -0.39 is 0 Å². The molecule has 0 radical (unpaired) electrons. The number of hydrogen-bond donors (Lipinski definition) is 1. The number of fused-ring (bicyclic) bond motifs is 1. The van der Waals surface area contributed by atoms with E-state index in [1.165, 1.54) is 0 Å². The number of nitrogens with one attached hydrogen (secondary N) is 1. The molecule has 1 aliphatic heterocycles. The molecular weight excluding hydrogens is 344 g/mol. The Balaban J connectivity index is 1.44. The Morgan fingerprint density at radius 1 is 1.15 bits per heavy atom. The molecule has 0 unspecified atom stereocenters. The fourth-order valence-electron chi connectivity index (χ4n) is 3.25. The molecule has 0 saturated carbocycles. The molecule has 1 aromatic carbocycles. The van der Waals surface area contributed by atoms with E-state index in [-0.39, 0.29) is 6.03 Å². The van der Waals surface area contributed by atoms with Gasteiger partial charge in [0, 0.05) is 38.4 Å². The number of carbonyl (C=O) groups excluding carboxylic acids is 1. The van der Waals surface area contributed by atoms with Gasteiger partial charge in [0.1, 0.15) is 6.33 Å². The highest BCUT2D eigenvalue weighted by Crippen LogP contribution is 2.22. The van der Waals surface area contributed by atoms with Crippen LogP contribution in [0.2, 0.25) is 0 Å². The number of anilines is 2. The summed E-state index contributed by atoms with van der Waals surface area (Å²) in [6.07, 6.45) is 1.55. The number of aromatic nitrogens is 5. The molecule has 2 amide bonds. The summed E-state index contributed by atoms with van der Waals surface area (Å²) >= 11 is 0. The summed E-state index contributed by atoms with van der Waals surface area (Å²) in [6, 6.07) is 7.70. The van der Waals surface area contributed by atoms with Crippen molar-refractivity contribution in [2.45, 2.75) is 20.4 Å². The SMILES string of the molecule is CCn1nnc2c(N3CCN(C(=O)Nc4ccccc4C)CC3)ncnc21. The number of piperazine rings is 1. The maximum absolute atomic E-state index is 12.6. The summed E-state index contributed by atoms with van der Waals surface area (Å²) in [7, 11) is 0. The Hall–Kier alpha value is -3.23. The van der Waals surface area contributed by atoms with Gasteiger partial charge < -0.3 is 15.1 Å². The van der Waals surface area contributed by atoms with E-state index in [1.54, 1.807) is 11.0 Å². The van der Waals surface area contributed by atoms with E-state index in [0.717, 1.165) is 22.7 Å². The molecule has 0 spiro atoms. The van der Waals surface area contributed by atoms with Gasteiger partial charge in [-0.3, -0.25) is 0 Å². The van der Waals surface area contributed by atoms with Crippen molar-refractivity contribution in [3.05, 3.63) is 36.2 Å². The zero-order valence-electron chi connectivity index (χ0n) is 15.5. The Labute approximate surface area is 157 Å². The van der Waals surface area contributed by atoms with Crippen LogP contribution in [0.4, 0.5) is 16.3 Å². The van der Waals surface area contributed by atoms with Crippen molar-refractivity contribution in [3.8, 4) is 0 Å². The lowest BCUT2D eigenvalue weighted by molar-refractivity contribution is 0.208. The fourth-order valence-corrected chi connectivity index (χ4v) is 3.25. The second kappa shape index (κ2) is 7.18. The van der Waals surface area contributed by atoms with E-state index in [0.29, 0.717) is 38.2 Å². The number of nitrogens with zero attached hydrogens (tertiary/aromatic N) is 7. The van der Waals surface area contributed by atoms with Crippen molar-refractivity contribution in [2.24, 2.45) is 0 Å². The van der Waals surface area contributed by atoms with E-state index >= 15 is 0 Å². The second-order valence-electron chi connectivity index (χ2n) is 6.49. The smallest absolute Gasteiger partial charge is 0.321 e. The highest BCUT2D eigenvalue weighted by molar-refractivity contribution is 5.90. The summed E-state index contributed by atoms with van der Waals surface area (Å²) in [5, 5.41) is 11.4. The molecule has 3 aromatic rings. The lowest BCUT2D eigenvalue weighted by atomic mass is 10.2. The lowest BCUT2D eigenvalue weighted by Gasteiger charge is -2.35. The van der Waals surface area contributed by atoms with Crippen LogP contribution in [0.15, 0.2) is 30.6 Å². The Kier molecular flexibility index (Phi) is 4.57. The van der Waals surface area contributed by atoms with Crippen LogP contribution in [0.25, 0.3) is 11.2 Å². The number of para-hydroxylation sites is 1. The lowest BCUT2D eigenvalue weighted by Crippen LogP contribution is -2.50. The van der Waals surface area contributed by atoms with Gasteiger partial charge in [-0.15, -0.1) is 5.10 Å².